The molecule has 2 rings (SSSR count). The van der Waals surface area contributed by atoms with Gasteiger partial charge in [0.15, 0.2) is 0 Å². The number of anilines is 2. The molecule has 0 saturated heterocycles. The van der Waals surface area contributed by atoms with E-state index < -0.39 is 5.91 Å². The summed E-state index contributed by atoms with van der Waals surface area (Å²) >= 11 is 3.32. The van der Waals surface area contributed by atoms with Gasteiger partial charge in [-0.05, 0) is 30.3 Å². The summed E-state index contributed by atoms with van der Waals surface area (Å²) < 4.78 is 5.99. The molecule has 0 bridgehead atoms. The highest BCUT2D eigenvalue weighted by atomic mass is 79.9. The molecule has 2 N–H and O–H groups in total. The van der Waals surface area contributed by atoms with Gasteiger partial charge in [0.1, 0.15) is 12.2 Å². The van der Waals surface area contributed by atoms with Gasteiger partial charge in [0.2, 0.25) is 11.8 Å². The molecule has 6 heteroatoms. The number of methoxy groups -OCH3 is 1. The van der Waals surface area contributed by atoms with Crippen molar-refractivity contribution < 1.29 is 14.3 Å². The summed E-state index contributed by atoms with van der Waals surface area (Å²) in [5.74, 6) is -0.245. The van der Waals surface area contributed by atoms with Gasteiger partial charge in [-0.1, -0.05) is 34.1 Å². The van der Waals surface area contributed by atoms with Gasteiger partial charge in [-0.25, -0.2) is 0 Å². The Labute approximate surface area is 136 Å². The van der Waals surface area contributed by atoms with Crippen molar-refractivity contribution in [3.05, 3.63) is 53.0 Å². The van der Waals surface area contributed by atoms with E-state index >= 15 is 0 Å². The number of halogens is 1. The number of carbonyl (C=O) groups is 2. The zero-order valence-corrected chi connectivity index (χ0v) is 13.5. The van der Waals surface area contributed by atoms with E-state index in [1.165, 1.54) is 7.11 Å². The molecule has 0 unspecified atom stereocenters. The maximum absolute atomic E-state index is 11.9. The van der Waals surface area contributed by atoms with Crippen LogP contribution in [0.25, 0.3) is 0 Å². The molecule has 0 aromatic heterocycles. The minimum atomic E-state index is -0.406. The first-order chi connectivity index (χ1) is 10.6. The Morgan fingerprint density at radius 1 is 1.05 bits per heavy atom. The Balaban J connectivity index is 1.93. The van der Waals surface area contributed by atoms with Gasteiger partial charge in [0.25, 0.3) is 0 Å². The van der Waals surface area contributed by atoms with Crippen molar-refractivity contribution in [3.63, 3.8) is 0 Å². The second-order valence-corrected chi connectivity index (χ2v) is 5.40. The molecule has 0 spiro atoms. The summed E-state index contributed by atoms with van der Waals surface area (Å²) in [5, 5.41) is 5.32. The minimum Gasteiger partial charge on any atom is -0.495 e. The molecule has 0 radical (unpaired) electrons. The number of rotatable bonds is 5. The topological polar surface area (TPSA) is 67.4 Å². The number of nitrogens with one attached hydrogen (secondary N) is 2. The first-order valence-electron chi connectivity index (χ1n) is 6.57. The quantitative estimate of drug-likeness (QED) is 0.800. The molecule has 0 aliphatic carbocycles. The first-order valence-corrected chi connectivity index (χ1v) is 7.36. The number of hydrogen-bond donors (Lipinski definition) is 2. The van der Waals surface area contributed by atoms with Crippen molar-refractivity contribution >= 4 is 39.1 Å². The van der Waals surface area contributed by atoms with E-state index in [2.05, 4.69) is 26.6 Å². The van der Waals surface area contributed by atoms with Gasteiger partial charge < -0.3 is 15.4 Å². The molecule has 0 aliphatic heterocycles. The van der Waals surface area contributed by atoms with Gasteiger partial charge in [-0.3, -0.25) is 9.59 Å². The van der Waals surface area contributed by atoms with Gasteiger partial charge in [0.05, 0.1) is 12.8 Å². The highest BCUT2D eigenvalue weighted by Gasteiger charge is 2.12. The van der Waals surface area contributed by atoms with Crippen LogP contribution in [-0.4, -0.2) is 18.9 Å². The Morgan fingerprint density at radius 2 is 1.77 bits per heavy atom. The van der Waals surface area contributed by atoms with Gasteiger partial charge in [-0.2, -0.15) is 0 Å². The predicted molar refractivity (Wildman–Crippen MR) is 89.0 cm³/mol. The van der Waals surface area contributed by atoms with Crippen LogP contribution in [0.15, 0.2) is 53.0 Å². The van der Waals surface area contributed by atoms with E-state index in [1.807, 2.05) is 6.07 Å². The third-order valence-corrected chi connectivity index (χ3v) is 3.30. The fourth-order valence-corrected chi connectivity index (χ4v) is 2.26. The van der Waals surface area contributed by atoms with E-state index in [-0.39, 0.29) is 12.3 Å². The number of ether oxygens (including phenoxy) is 1. The zero-order valence-electron chi connectivity index (χ0n) is 11.9. The summed E-state index contributed by atoms with van der Waals surface area (Å²) in [6.45, 7) is 0. The van der Waals surface area contributed by atoms with Crippen LogP contribution in [0.4, 0.5) is 11.4 Å². The monoisotopic (exact) mass is 362 g/mol. The average Bonchev–Trinajstić information content (AvgIpc) is 2.47. The summed E-state index contributed by atoms with van der Waals surface area (Å²) in [4.78, 5) is 23.8. The fraction of sp³-hybridized carbons (Fsp3) is 0.125. The van der Waals surface area contributed by atoms with Gasteiger partial charge in [0, 0.05) is 10.2 Å². The highest BCUT2D eigenvalue weighted by molar-refractivity contribution is 9.10. The second kappa shape index (κ2) is 7.61. The number of hydrogen-bond acceptors (Lipinski definition) is 3. The SMILES string of the molecule is COc1ccccc1NC(=O)CC(=O)Nc1cccc(Br)c1. The molecule has 5 nitrogen and oxygen atoms in total. The molecule has 2 amide bonds. The van der Waals surface area contributed by atoms with E-state index in [4.69, 9.17) is 4.74 Å². The van der Waals surface area contributed by atoms with Crippen LogP contribution in [0, 0.1) is 0 Å². The molecule has 0 saturated carbocycles. The molecule has 0 atom stereocenters. The second-order valence-electron chi connectivity index (χ2n) is 4.48. The third kappa shape index (κ3) is 4.60. The minimum absolute atomic E-state index is 0.273. The van der Waals surface area contributed by atoms with Crippen LogP contribution in [0.3, 0.4) is 0 Å². The van der Waals surface area contributed by atoms with Crippen LogP contribution in [-0.2, 0) is 9.59 Å². The van der Waals surface area contributed by atoms with Crippen LogP contribution in [0.5, 0.6) is 5.75 Å². The van der Waals surface area contributed by atoms with Crippen molar-refractivity contribution in [1.82, 2.24) is 0 Å². The van der Waals surface area contributed by atoms with E-state index in [0.29, 0.717) is 17.1 Å². The van der Waals surface area contributed by atoms with Crippen molar-refractivity contribution in [2.24, 2.45) is 0 Å². The first kappa shape index (κ1) is 16.0. The average molecular weight is 363 g/mol. The van der Waals surface area contributed by atoms with Crippen LogP contribution in [0.1, 0.15) is 6.42 Å². The maximum atomic E-state index is 11.9. The number of carbonyl (C=O) groups excluding carboxylic acids is 2. The molecule has 22 heavy (non-hydrogen) atoms. The smallest absolute Gasteiger partial charge is 0.233 e. The normalized spacial score (nSPS) is 9.91. The summed E-state index contributed by atoms with van der Waals surface area (Å²) in [7, 11) is 1.52. The molecular formula is C16H15BrN2O3. The van der Waals surface area contributed by atoms with E-state index in [9.17, 15) is 9.59 Å². The highest BCUT2D eigenvalue weighted by Crippen LogP contribution is 2.23. The summed E-state index contributed by atoms with van der Waals surface area (Å²) in [6.07, 6.45) is -0.273. The molecular weight excluding hydrogens is 348 g/mol. The number of amides is 2. The molecule has 114 valence electrons. The standard InChI is InChI=1S/C16H15BrN2O3/c1-22-14-8-3-2-7-13(14)19-16(21)10-15(20)18-12-6-4-5-11(17)9-12/h2-9H,10H2,1H3,(H,18,20)(H,19,21). The van der Waals surface area contributed by atoms with Crippen LogP contribution >= 0.6 is 15.9 Å². The third-order valence-electron chi connectivity index (χ3n) is 2.81. The Morgan fingerprint density at radius 3 is 2.50 bits per heavy atom. The number of para-hydroxylation sites is 2. The molecule has 2 aromatic rings. The van der Waals surface area contributed by atoms with Crippen molar-refractivity contribution in [1.29, 1.82) is 0 Å². The van der Waals surface area contributed by atoms with Crippen LogP contribution < -0.4 is 15.4 Å². The summed E-state index contributed by atoms with van der Waals surface area (Å²) in [6, 6.07) is 14.2. The fourth-order valence-electron chi connectivity index (χ4n) is 1.86. The zero-order chi connectivity index (χ0) is 15.9. The predicted octanol–water partition coefficient (Wildman–Crippen LogP) is 3.43. The number of benzene rings is 2. The lowest BCUT2D eigenvalue weighted by Gasteiger charge is -2.10. The van der Waals surface area contributed by atoms with Crippen molar-refractivity contribution in [3.8, 4) is 5.75 Å². The van der Waals surface area contributed by atoms with E-state index in [1.54, 1.807) is 42.5 Å². The Kier molecular flexibility index (Phi) is 5.55. The van der Waals surface area contributed by atoms with Crippen molar-refractivity contribution in [2.75, 3.05) is 17.7 Å². The molecule has 0 fully saturated rings. The van der Waals surface area contributed by atoms with Gasteiger partial charge in [-0.15, -0.1) is 0 Å². The maximum Gasteiger partial charge on any atom is 0.233 e. The largest absolute Gasteiger partial charge is 0.495 e. The lowest BCUT2D eigenvalue weighted by molar-refractivity contribution is -0.123. The van der Waals surface area contributed by atoms with Crippen molar-refractivity contribution in [2.45, 2.75) is 6.42 Å². The Bertz CT molecular complexity index is 689. The van der Waals surface area contributed by atoms with E-state index in [0.717, 1.165) is 4.47 Å². The molecule has 0 heterocycles. The Hall–Kier alpha value is -2.34. The van der Waals surface area contributed by atoms with Crippen LogP contribution in [0.2, 0.25) is 0 Å². The summed E-state index contributed by atoms with van der Waals surface area (Å²) in [5.41, 5.74) is 1.16. The molecule has 2 aromatic carbocycles. The lowest BCUT2D eigenvalue weighted by Crippen LogP contribution is -2.21. The lowest BCUT2D eigenvalue weighted by atomic mass is 10.2. The van der Waals surface area contributed by atoms with Gasteiger partial charge >= 0.3 is 0 Å². The molecule has 0 aliphatic rings.